The molecular weight excluding hydrogens is 472 g/mol. The molecule has 1 N–H and O–H groups in total. The van der Waals surface area contributed by atoms with Crippen molar-refractivity contribution in [2.75, 3.05) is 19.8 Å². The Morgan fingerprint density at radius 1 is 1.05 bits per heavy atom. The molecule has 1 atom stereocenters. The molecule has 0 spiro atoms. The predicted octanol–water partition coefficient (Wildman–Crippen LogP) is 4.65. The van der Waals surface area contributed by atoms with E-state index in [0.29, 0.717) is 48.2 Å². The van der Waals surface area contributed by atoms with Gasteiger partial charge < -0.3 is 24.2 Å². The number of nitrogens with zero attached hydrogens (tertiary/aromatic N) is 2. The van der Waals surface area contributed by atoms with E-state index in [0.717, 1.165) is 18.4 Å². The van der Waals surface area contributed by atoms with Crippen molar-refractivity contribution in [1.82, 2.24) is 9.88 Å². The number of carbonyl (C=O) groups is 2. The third kappa shape index (κ3) is 5.00. The van der Waals surface area contributed by atoms with Crippen molar-refractivity contribution in [3.8, 4) is 17.2 Å². The molecule has 0 unspecified atom stereocenters. The number of ether oxygens (including phenoxy) is 3. The number of rotatable bonds is 8. The van der Waals surface area contributed by atoms with Gasteiger partial charge in [-0.2, -0.15) is 0 Å². The number of hydrogen-bond acceptors (Lipinski definition) is 7. The smallest absolute Gasteiger partial charge is 0.295 e. The Hall–Kier alpha value is -4.33. The van der Waals surface area contributed by atoms with Crippen molar-refractivity contribution in [3.05, 3.63) is 89.3 Å². The monoisotopic (exact) mass is 500 g/mol. The molecule has 5 rings (SSSR count). The van der Waals surface area contributed by atoms with Crippen LogP contribution in [0.25, 0.3) is 5.76 Å². The second-order valence-electron chi connectivity index (χ2n) is 8.92. The maximum atomic E-state index is 13.4. The summed E-state index contributed by atoms with van der Waals surface area (Å²) >= 11 is 0. The van der Waals surface area contributed by atoms with Gasteiger partial charge in [-0.15, -0.1) is 0 Å². The first-order valence-corrected chi connectivity index (χ1v) is 12.4. The highest BCUT2D eigenvalue weighted by molar-refractivity contribution is 6.46. The van der Waals surface area contributed by atoms with Crippen molar-refractivity contribution >= 4 is 17.4 Å². The van der Waals surface area contributed by atoms with Crippen LogP contribution in [0, 0.1) is 0 Å². The molecule has 0 radical (unpaired) electrons. The van der Waals surface area contributed by atoms with Crippen LogP contribution in [0.1, 0.15) is 42.5 Å². The van der Waals surface area contributed by atoms with Crippen LogP contribution in [-0.4, -0.2) is 46.5 Å². The first kappa shape index (κ1) is 24.4. The van der Waals surface area contributed by atoms with Gasteiger partial charge in [0.2, 0.25) is 0 Å². The number of hydrogen-bond donors (Lipinski definition) is 1. The van der Waals surface area contributed by atoms with E-state index < -0.39 is 17.7 Å². The number of ketones is 1. The number of likely N-dealkylation sites (tertiary alicyclic amines) is 1. The zero-order chi connectivity index (χ0) is 25.8. The Kier molecular flexibility index (Phi) is 7.07. The van der Waals surface area contributed by atoms with Crippen LogP contribution in [0.3, 0.4) is 0 Å². The summed E-state index contributed by atoms with van der Waals surface area (Å²) in [6, 6.07) is 15.1. The lowest BCUT2D eigenvalue weighted by molar-refractivity contribution is -0.140. The zero-order valence-electron chi connectivity index (χ0n) is 20.6. The highest BCUT2D eigenvalue weighted by Gasteiger charge is 2.46. The van der Waals surface area contributed by atoms with E-state index >= 15 is 0 Å². The molecule has 2 aliphatic heterocycles. The van der Waals surface area contributed by atoms with Crippen molar-refractivity contribution < 1.29 is 28.9 Å². The number of amides is 1. The van der Waals surface area contributed by atoms with Crippen molar-refractivity contribution in [3.63, 3.8) is 0 Å². The highest BCUT2D eigenvalue weighted by Crippen LogP contribution is 2.42. The molecule has 8 heteroatoms. The van der Waals surface area contributed by atoms with E-state index in [1.807, 2.05) is 24.3 Å². The lowest BCUT2D eigenvalue weighted by Gasteiger charge is -2.26. The lowest BCUT2D eigenvalue weighted by atomic mass is 9.95. The van der Waals surface area contributed by atoms with E-state index in [1.165, 1.54) is 4.90 Å². The van der Waals surface area contributed by atoms with Crippen molar-refractivity contribution in [2.45, 2.75) is 32.4 Å². The van der Waals surface area contributed by atoms with Crippen LogP contribution >= 0.6 is 0 Å². The standard InChI is InChI=1S/C29H28N2O6/c1-2-3-13-35-22-6-4-5-20(16-22)26-25(27(32)21-7-8-23-24(17-21)37-15-14-36-23)28(33)29(34)31(26)18-19-9-11-30-12-10-19/h4-12,16-17,26,32H,2-3,13-15,18H2,1H3/t26-/m0/s1. The molecule has 1 saturated heterocycles. The first-order valence-electron chi connectivity index (χ1n) is 12.4. The summed E-state index contributed by atoms with van der Waals surface area (Å²) in [5, 5.41) is 11.4. The molecule has 3 heterocycles. The van der Waals surface area contributed by atoms with Crippen LogP contribution in [-0.2, 0) is 16.1 Å². The second-order valence-corrected chi connectivity index (χ2v) is 8.92. The Balaban J connectivity index is 1.59. The number of unbranched alkanes of at least 4 members (excludes halogenated alkanes) is 1. The van der Waals surface area contributed by atoms with Gasteiger partial charge in [0, 0.05) is 24.5 Å². The minimum atomic E-state index is -0.809. The van der Waals surface area contributed by atoms with Gasteiger partial charge in [0.05, 0.1) is 18.2 Å². The van der Waals surface area contributed by atoms with Gasteiger partial charge in [-0.1, -0.05) is 25.5 Å². The summed E-state index contributed by atoms with van der Waals surface area (Å²) in [4.78, 5) is 32.2. The maximum absolute atomic E-state index is 13.4. The number of carbonyl (C=O) groups excluding carboxylic acids is 2. The summed E-state index contributed by atoms with van der Waals surface area (Å²) in [6.45, 7) is 3.66. The van der Waals surface area contributed by atoms with E-state index in [4.69, 9.17) is 14.2 Å². The summed E-state index contributed by atoms with van der Waals surface area (Å²) < 4.78 is 17.1. The Bertz CT molecular complexity index is 1340. The number of Topliss-reactive ketones (excluding diaryl/α,β-unsaturated/α-hetero) is 1. The molecule has 1 amide bonds. The minimum Gasteiger partial charge on any atom is -0.507 e. The number of pyridine rings is 1. The van der Waals surface area contributed by atoms with E-state index in [2.05, 4.69) is 11.9 Å². The molecule has 3 aromatic rings. The van der Waals surface area contributed by atoms with Crippen LogP contribution < -0.4 is 14.2 Å². The average molecular weight is 501 g/mol. The fraction of sp³-hybridized carbons (Fsp3) is 0.276. The molecule has 0 aliphatic carbocycles. The summed E-state index contributed by atoms with van der Waals surface area (Å²) in [6.07, 6.45) is 5.19. The van der Waals surface area contributed by atoms with Crippen LogP contribution in [0.5, 0.6) is 17.2 Å². The lowest BCUT2D eigenvalue weighted by Crippen LogP contribution is -2.29. The van der Waals surface area contributed by atoms with E-state index in [1.54, 1.807) is 42.7 Å². The molecule has 37 heavy (non-hydrogen) atoms. The fourth-order valence-corrected chi connectivity index (χ4v) is 4.53. The molecule has 2 aromatic carbocycles. The van der Waals surface area contributed by atoms with Crippen molar-refractivity contribution in [1.29, 1.82) is 0 Å². The minimum absolute atomic E-state index is 0.0152. The Morgan fingerprint density at radius 2 is 1.84 bits per heavy atom. The molecule has 190 valence electrons. The maximum Gasteiger partial charge on any atom is 0.295 e. The van der Waals surface area contributed by atoms with Gasteiger partial charge >= 0.3 is 0 Å². The highest BCUT2D eigenvalue weighted by atomic mass is 16.6. The largest absolute Gasteiger partial charge is 0.507 e. The molecule has 2 aliphatic rings. The number of benzene rings is 2. The van der Waals surface area contributed by atoms with Gasteiger partial charge in [-0.05, 0) is 60.0 Å². The fourth-order valence-electron chi connectivity index (χ4n) is 4.53. The number of fused-ring (bicyclic) bond motifs is 1. The Labute approximate surface area is 215 Å². The molecule has 0 bridgehead atoms. The van der Waals surface area contributed by atoms with Gasteiger partial charge in [0.1, 0.15) is 24.7 Å². The summed E-state index contributed by atoms with van der Waals surface area (Å²) in [7, 11) is 0. The predicted molar refractivity (Wildman–Crippen MR) is 136 cm³/mol. The quantitative estimate of drug-likeness (QED) is 0.208. The first-order chi connectivity index (χ1) is 18.1. The summed E-state index contributed by atoms with van der Waals surface area (Å²) in [5.74, 6) is -0.0183. The number of aromatic nitrogens is 1. The third-order valence-electron chi connectivity index (χ3n) is 6.40. The molecule has 0 saturated carbocycles. The molecule has 1 fully saturated rings. The number of aliphatic hydroxyl groups excluding tert-OH is 1. The van der Waals surface area contributed by atoms with Gasteiger partial charge in [0.15, 0.2) is 11.5 Å². The van der Waals surface area contributed by atoms with Gasteiger partial charge in [-0.3, -0.25) is 14.6 Å². The normalized spacial score (nSPS) is 18.2. The van der Waals surface area contributed by atoms with Crippen LogP contribution in [0.4, 0.5) is 0 Å². The zero-order valence-corrected chi connectivity index (χ0v) is 20.6. The SMILES string of the molecule is CCCCOc1cccc([C@H]2C(=C(O)c3ccc4c(c3)OCCO4)C(=O)C(=O)N2Cc2ccncc2)c1. The van der Waals surface area contributed by atoms with Crippen molar-refractivity contribution in [2.24, 2.45) is 0 Å². The van der Waals surface area contributed by atoms with E-state index in [-0.39, 0.29) is 17.9 Å². The molecule has 1 aromatic heterocycles. The van der Waals surface area contributed by atoms with Crippen LogP contribution in [0.2, 0.25) is 0 Å². The molecular formula is C29H28N2O6. The number of aliphatic hydroxyl groups is 1. The van der Waals surface area contributed by atoms with Gasteiger partial charge in [0.25, 0.3) is 11.7 Å². The Morgan fingerprint density at radius 3 is 2.62 bits per heavy atom. The topological polar surface area (TPSA) is 98.2 Å². The average Bonchev–Trinajstić information content (AvgIpc) is 3.18. The summed E-state index contributed by atoms with van der Waals surface area (Å²) in [5.41, 5.74) is 1.87. The van der Waals surface area contributed by atoms with Gasteiger partial charge in [-0.25, -0.2) is 0 Å². The second kappa shape index (κ2) is 10.7. The molecule has 8 nitrogen and oxygen atoms in total. The third-order valence-corrected chi connectivity index (χ3v) is 6.40. The van der Waals surface area contributed by atoms with E-state index in [9.17, 15) is 14.7 Å². The van der Waals surface area contributed by atoms with Crippen LogP contribution in [0.15, 0.2) is 72.6 Å².